The van der Waals surface area contributed by atoms with Gasteiger partial charge in [0.05, 0.1) is 6.20 Å². The molecule has 66 valence electrons. The second-order valence-corrected chi connectivity index (χ2v) is 2.73. The van der Waals surface area contributed by atoms with E-state index >= 15 is 0 Å². The maximum Gasteiger partial charge on any atom is 0.212 e. The number of carbonyl (C=O) groups excluding carboxylic acids is 1. The lowest BCUT2D eigenvalue weighted by Gasteiger charge is -1.89. The molecule has 0 aliphatic rings. The molecule has 0 spiro atoms. The lowest BCUT2D eigenvalue weighted by molar-refractivity contribution is -0.105. The van der Waals surface area contributed by atoms with Crippen molar-refractivity contribution in [3.05, 3.63) is 23.5 Å². The zero-order chi connectivity index (χ0) is 9.26. The van der Waals surface area contributed by atoms with Gasteiger partial charge in [-0.2, -0.15) is 5.10 Å². The fourth-order valence-corrected chi connectivity index (χ4v) is 1.13. The second-order valence-electron chi connectivity index (χ2n) is 2.35. The van der Waals surface area contributed by atoms with Gasteiger partial charge in [-0.15, -0.1) is 0 Å². The van der Waals surface area contributed by atoms with Crippen molar-refractivity contribution in [2.45, 2.75) is 0 Å². The highest BCUT2D eigenvalue weighted by atomic mass is 35.5. The fraction of sp³-hybridized carbons (Fsp3) is 0. The molecule has 6 heteroatoms. The van der Waals surface area contributed by atoms with E-state index in [1.165, 1.54) is 4.52 Å². The number of imidazole rings is 1. The standard InChI is InChI=1S/C7H5ClN4O/c8-5-1-2-7-10-6(9-4-13)3-12(7)11-5/h1-4H,(H,9,13). The van der Waals surface area contributed by atoms with E-state index in [1.807, 2.05) is 0 Å². The molecule has 2 aromatic rings. The van der Waals surface area contributed by atoms with Crippen molar-refractivity contribution in [2.24, 2.45) is 0 Å². The van der Waals surface area contributed by atoms with Gasteiger partial charge in [-0.25, -0.2) is 9.50 Å². The van der Waals surface area contributed by atoms with Crippen molar-refractivity contribution in [1.82, 2.24) is 14.6 Å². The average Bonchev–Trinajstić information content (AvgIpc) is 2.46. The molecular formula is C7H5ClN4O. The van der Waals surface area contributed by atoms with Gasteiger partial charge in [-0.1, -0.05) is 11.6 Å². The molecule has 0 unspecified atom stereocenters. The smallest absolute Gasteiger partial charge is 0.212 e. The Morgan fingerprint density at radius 3 is 3.15 bits per heavy atom. The molecule has 0 radical (unpaired) electrons. The fourth-order valence-electron chi connectivity index (χ4n) is 0.989. The molecule has 2 heterocycles. The molecule has 1 N–H and O–H groups in total. The van der Waals surface area contributed by atoms with Crippen LogP contribution in [-0.4, -0.2) is 21.0 Å². The van der Waals surface area contributed by atoms with Crippen LogP contribution in [0.2, 0.25) is 5.15 Å². The Kier molecular flexibility index (Phi) is 1.86. The molecule has 0 atom stereocenters. The third kappa shape index (κ3) is 1.46. The first-order chi connectivity index (χ1) is 6.29. The minimum absolute atomic E-state index is 0.377. The number of hydrogen-bond donors (Lipinski definition) is 1. The Bertz CT molecular complexity index is 453. The van der Waals surface area contributed by atoms with Gasteiger partial charge in [0.15, 0.2) is 11.5 Å². The molecule has 2 rings (SSSR count). The normalized spacial score (nSPS) is 10.2. The molecular weight excluding hydrogens is 192 g/mol. The van der Waals surface area contributed by atoms with E-state index in [9.17, 15) is 4.79 Å². The number of amides is 1. The van der Waals surface area contributed by atoms with E-state index in [4.69, 9.17) is 11.6 Å². The van der Waals surface area contributed by atoms with Crippen LogP contribution in [0.3, 0.4) is 0 Å². The first-order valence-corrected chi connectivity index (χ1v) is 3.89. The Labute approximate surface area is 78.3 Å². The lowest BCUT2D eigenvalue weighted by atomic mass is 10.6. The minimum Gasteiger partial charge on any atom is -0.312 e. The third-order valence-electron chi connectivity index (χ3n) is 1.49. The Balaban J connectivity index is 2.55. The number of rotatable bonds is 2. The zero-order valence-corrected chi connectivity index (χ0v) is 7.19. The maximum absolute atomic E-state index is 10.1. The SMILES string of the molecule is O=CNc1cn2nc(Cl)ccc2n1. The van der Waals surface area contributed by atoms with Gasteiger partial charge in [0.25, 0.3) is 0 Å². The number of hydrogen-bond acceptors (Lipinski definition) is 3. The van der Waals surface area contributed by atoms with Gasteiger partial charge in [0.1, 0.15) is 5.15 Å². The summed E-state index contributed by atoms with van der Waals surface area (Å²) in [7, 11) is 0. The van der Waals surface area contributed by atoms with E-state index in [0.29, 0.717) is 23.0 Å². The van der Waals surface area contributed by atoms with Crippen molar-refractivity contribution in [3.8, 4) is 0 Å². The zero-order valence-electron chi connectivity index (χ0n) is 6.44. The highest BCUT2D eigenvalue weighted by Gasteiger charge is 2.00. The summed E-state index contributed by atoms with van der Waals surface area (Å²) >= 11 is 5.66. The van der Waals surface area contributed by atoms with Crippen LogP contribution < -0.4 is 5.32 Å². The monoisotopic (exact) mass is 196 g/mol. The predicted octanol–water partition coefficient (Wildman–Crippen LogP) is 0.951. The molecule has 0 aliphatic heterocycles. The molecule has 2 aromatic heterocycles. The Hall–Kier alpha value is -1.62. The number of fused-ring (bicyclic) bond motifs is 1. The molecule has 0 bridgehead atoms. The van der Waals surface area contributed by atoms with Crippen LogP contribution in [0.4, 0.5) is 5.82 Å². The van der Waals surface area contributed by atoms with E-state index in [2.05, 4.69) is 15.4 Å². The number of anilines is 1. The van der Waals surface area contributed by atoms with E-state index in [0.717, 1.165) is 0 Å². The van der Waals surface area contributed by atoms with Gasteiger partial charge in [-0.05, 0) is 12.1 Å². The van der Waals surface area contributed by atoms with E-state index in [1.54, 1.807) is 18.3 Å². The highest BCUT2D eigenvalue weighted by Crippen LogP contribution is 2.10. The van der Waals surface area contributed by atoms with Crippen LogP contribution in [0.25, 0.3) is 5.65 Å². The van der Waals surface area contributed by atoms with Gasteiger partial charge >= 0.3 is 0 Å². The van der Waals surface area contributed by atoms with Crippen LogP contribution in [0, 0.1) is 0 Å². The largest absolute Gasteiger partial charge is 0.312 e. The van der Waals surface area contributed by atoms with Crippen LogP contribution >= 0.6 is 11.6 Å². The molecule has 5 nitrogen and oxygen atoms in total. The number of aromatic nitrogens is 3. The number of nitrogens with zero attached hydrogens (tertiary/aromatic N) is 3. The summed E-state index contributed by atoms with van der Waals surface area (Å²) in [4.78, 5) is 14.2. The quantitative estimate of drug-likeness (QED) is 0.728. The number of nitrogens with one attached hydrogen (secondary N) is 1. The molecule has 0 fully saturated rings. The first-order valence-electron chi connectivity index (χ1n) is 3.52. The molecule has 13 heavy (non-hydrogen) atoms. The number of halogens is 1. The maximum atomic E-state index is 10.1. The van der Waals surface area contributed by atoms with Crippen molar-refractivity contribution < 1.29 is 4.79 Å². The summed E-state index contributed by atoms with van der Waals surface area (Å²) in [6.07, 6.45) is 2.14. The van der Waals surface area contributed by atoms with Crippen LogP contribution in [0.1, 0.15) is 0 Å². The summed E-state index contributed by atoms with van der Waals surface area (Å²) in [6.45, 7) is 0. The first kappa shape index (κ1) is 8.00. The van der Waals surface area contributed by atoms with Gasteiger partial charge in [0.2, 0.25) is 6.41 Å². The summed E-state index contributed by atoms with van der Waals surface area (Å²) < 4.78 is 1.49. The summed E-state index contributed by atoms with van der Waals surface area (Å²) in [5.74, 6) is 0.449. The van der Waals surface area contributed by atoms with Gasteiger partial charge < -0.3 is 5.32 Å². The minimum atomic E-state index is 0.377. The van der Waals surface area contributed by atoms with E-state index < -0.39 is 0 Å². The molecule has 0 aliphatic carbocycles. The third-order valence-corrected chi connectivity index (χ3v) is 1.70. The Morgan fingerprint density at radius 1 is 1.54 bits per heavy atom. The summed E-state index contributed by atoms with van der Waals surface area (Å²) in [6, 6.07) is 3.35. The molecule has 0 aromatic carbocycles. The van der Waals surface area contributed by atoms with Crippen LogP contribution in [-0.2, 0) is 4.79 Å². The molecule has 0 saturated heterocycles. The van der Waals surface area contributed by atoms with E-state index in [-0.39, 0.29) is 0 Å². The van der Waals surface area contributed by atoms with Crippen LogP contribution in [0.5, 0.6) is 0 Å². The van der Waals surface area contributed by atoms with Gasteiger partial charge in [0, 0.05) is 0 Å². The highest BCUT2D eigenvalue weighted by molar-refractivity contribution is 6.29. The predicted molar refractivity (Wildman–Crippen MR) is 47.7 cm³/mol. The topological polar surface area (TPSA) is 59.3 Å². The van der Waals surface area contributed by atoms with Gasteiger partial charge in [-0.3, -0.25) is 4.79 Å². The summed E-state index contributed by atoms with van der Waals surface area (Å²) in [5.41, 5.74) is 0.633. The van der Waals surface area contributed by atoms with Crippen LogP contribution in [0.15, 0.2) is 18.3 Å². The second kappa shape index (κ2) is 3.02. The molecule has 0 saturated carbocycles. The van der Waals surface area contributed by atoms with Crippen molar-refractivity contribution >= 4 is 29.5 Å². The van der Waals surface area contributed by atoms with Crippen molar-refractivity contribution in [2.75, 3.05) is 5.32 Å². The molecule has 1 amide bonds. The number of carbonyl (C=O) groups is 1. The Morgan fingerprint density at radius 2 is 2.38 bits per heavy atom. The summed E-state index contributed by atoms with van der Waals surface area (Å²) in [5, 5.41) is 6.74. The lowest BCUT2D eigenvalue weighted by Crippen LogP contribution is -1.92. The van der Waals surface area contributed by atoms with Crippen molar-refractivity contribution in [3.63, 3.8) is 0 Å². The van der Waals surface area contributed by atoms with Crippen molar-refractivity contribution in [1.29, 1.82) is 0 Å². The average molecular weight is 197 g/mol.